The fraction of sp³-hybridized carbons (Fsp3) is 0.240. The Labute approximate surface area is 176 Å². The summed E-state index contributed by atoms with van der Waals surface area (Å²) in [4.78, 5) is 32.1. The van der Waals surface area contributed by atoms with Crippen LogP contribution in [0, 0.1) is 0 Å². The van der Waals surface area contributed by atoms with Crippen molar-refractivity contribution >= 4 is 17.5 Å². The van der Waals surface area contributed by atoms with Crippen LogP contribution in [-0.2, 0) is 27.8 Å². The molecule has 0 unspecified atom stereocenters. The van der Waals surface area contributed by atoms with Crippen molar-refractivity contribution in [2.45, 2.75) is 24.7 Å². The van der Waals surface area contributed by atoms with E-state index in [-0.39, 0.29) is 18.2 Å². The molecule has 1 aliphatic heterocycles. The van der Waals surface area contributed by atoms with Gasteiger partial charge in [-0.2, -0.15) is 0 Å². The van der Waals surface area contributed by atoms with Gasteiger partial charge in [0.2, 0.25) is 11.8 Å². The van der Waals surface area contributed by atoms with E-state index in [1.54, 1.807) is 24.3 Å². The molecule has 5 nitrogen and oxygen atoms in total. The number of rotatable bonds is 7. The summed E-state index contributed by atoms with van der Waals surface area (Å²) in [6.45, 7) is 0.524. The van der Waals surface area contributed by atoms with E-state index >= 15 is 0 Å². The summed E-state index contributed by atoms with van der Waals surface area (Å²) in [7, 11) is 1.79. The van der Waals surface area contributed by atoms with Crippen molar-refractivity contribution in [2.75, 3.05) is 18.5 Å². The number of nitrogens with one attached hydrogen (secondary N) is 1. The van der Waals surface area contributed by atoms with Crippen LogP contribution in [0.5, 0.6) is 0 Å². The van der Waals surface area contributed by atoms with Crippen LogP contribution in [0.3, 0.4) is 0 Å². The van der Waals surface area contributed by atoms with Crippen LogP contribution in [0.25, 0.3) is 0 Å². The summed E-state index contributed by atoms with van der Waals surface area (Å²) in [5.74, 6) is -0.143. The van der Waals surface area contributed by atoms with E-state index in [0.717, 1.165) is 28.8 Å². The van der Waals surface area contributed by atoms with Gasteiger partial charge >= 0.3 is 0 Å². The van der Waals surface area contributed by atoms with E-state index in [1.807, 2.05) is 66.7 Å². The van der Waals surface area contributed by atoms with Gasteiger partial charge in [-0.15, -0.1) is 0 Å². The Morgan fingerprint density at radius 1 is 0.967 bits per heavy atom. The zero-order valence-electron chi connectivity index (χ0n) is 17.0. The van der Waals surface area contributed by atoms with Gasteiger partial charge in [0.1, 0.15) is 0 Å². The summed E-state index contributed by atoms with van der Waals surface area (Å²) >= 11 is 0. The third kappa shape index (κ3) is 3.83. The molecule has 0 fully saturated rings. The number of carbonyl (C=O) groups excluding carboxylic acids is 2. The van der Waals surface area contributed by atoms with Gasteiger partial charge in [0.25, 0.3) is 0 Å². The molecule has 152 valence electrons. The fourth-order valence-corrected chi connectivity index (χ4v) is 4.30. The van der Waals surface area contributed by atoms with Gasteiger partial charge in [0.15, 0.2) is 0 Å². The molecule has 30 heavy (non-hydrogen) atoms. The standard InChI is InChI=1S/C25H25N3O2/c1-28-22-10-6-5-9-21(22)25(24(28)30,17-20-7-3-2-4-8-20)18-23(29)27-16-13-19-11-14-26-15-12-19/h2-12,14-15H,13,16-18H2,1H3,(H,27,29)/t25-/m0/s1. The summed E-state index contributed by atoms with van der Waals surface area (Å²) < 4.78 is 0. The maximum Gasteiger partial charge on any atom is 0.238 e. The molecule has 1 aromatic heterocycles. The van der Waals surface area contributed by atoms with E-state index in [2.05, 4.69) is 10.3 Å². The molecule has 5 heteroatoms. The first-order chi connectivity index (χ1) is 14.6. The van der Waals surface area contributed by atoms with Crippen molar-refractivity contribution < 1.29 is 9.59 Å². The number of carbonyl (C=O) groups is 2. The maximum atomic E-state index is 13.5. The number of para-hydroxylation sites is 1. The van der Waals surface area contributed by atoms with Crippen LogP contribution in [0.4, 0.5) is 5.69 Å². The van der Waals surface area contributed by atoms with Crippen molar-refractivity contribution in [3.8, 4) is 0 Å². The molecule has 1 aliphatic rings. The molecule has 1 atom stereocenters. The molecule has 3 aromatic rings. The van der Waals surface area contributed by atoms with Crippen molar-refractivity contribution in [1.29, 1.82) is 0 Å². The van der Waals surface area contributed by atoms with Crippen LogP contribution in [-0.4, -0.2) is 30.4 Å². The lowest BCUT2D eigenvalue weighted by molar-refractivity contribution is -0.129. The Bertz CT molecular complexity index is 1040. The minimum atomic E-state index is -0.895. The fourth-order valence-electron chi connectivity index (χ4n) is 4.30. The topological polar surface area (TPSA) is 62.3 Å². The van der Waals surface area contributed by atoms with Crippen molar-refractivity contribution in [2.24, 2.45) is 0 Å². The average molecular weight is 399 g/mol. The second-order valence-electron chi connectivity index (χ2n) is 7.76. The third-order valence-electron chi connectivity index (χ3n) is 5.79. The number of anilines is 1. The second kappa shape index (κ2) is 8.49. The molecule has 4 rings (SSSR count). The minimum absolute atomic E-state index is 0.0307. The van der Waals surface area contributed by atoms with E-state index in [4.69, 9.17) is 0 Å². The Morgan fingerprint density at radius 2 is 1.67 bits per heavy atom. The van der Waals surface area contributed by atoms with Crippen molar-refractivity contribution in [3.63, 3.8) is 0 Å². The molecule has 0 bridgehead atoms. The number of hydrogen-bond acceptors (Lipinski definition) is 3. The summed E-state index contributed by atoms with van der Waals surface area (Å²) in [6.07, 6.45) is 4.83. The normalized spacial score (nSPS) is 17.6. The Balaban J connectivity index is 1.57. The van der Waals surface area contributed by atoms with E-state index < -0.39 is 5.41 Å². The first-order valence-corrected chi connectivity index (χ1v) is 10.2. The molecule has 0 saturated heterocycles. The molecule has 0 saturated carbocycles. The highest BCUT2D eigenvalue weighted by Crippen LogP contribution is 2.45. The lowest BCUT2D eigenvalue weighted by Crippen LogP contribution is -2.44. The third-order valence-corrected chi connectivity index (χ3v) is 5.79. The SMILES string of the molecule is CN1C(=O)[C@](CC(=O)NCCc2ccncc2)(Cc2ccccc2)c2ccccc21. The number of aromatic nitrogens is 1. The molecule has 0 radical (unpaired) electrons. The van der Waals surface area contributed by atoms with Crippen LogP contribution in [0.2, 0.25) is 0 Å². The Morgan fingerprint density at radius 3 is 2.43 bits per heavy atom. The largest absolute Gasteiger partial charge is 0.356 e. The molecule has 2 amide bonds. The van der Waals surface area contributed by atoms with Gasteiger partial charge in [-0.1, -0.05) is 48.5 Å². The zero-order chi connectivity index (χ0) is 21.0. The first-order valence-electron chi connectivity index (χ1n) is 10.2. The highest BCUT2D eigenvalue weighted by molar-refractivity contribution is 6.09. The van der Waals surface area contributed by atoms with Crippen LogP contribution in [0.1, 0.15) is 23.1 Å². The van der Waals surface area contributed by atoms with Crippen molar-refractivity contribution in [3.05, 3.63) is 95.8 Å². The van der Waals surface area contributed by atoms with Gasteiger partial charge < -0.3 is 10.2 Å². The summed E-state index contributed by atoms with van der Waals surface area (Å²) in [5, 5.41) is 3.00. The van der Waals surface area contributed by atoms with Gasteiger partial charge in [-0.05, 0) is 47.7 Å². The molecule has 2 heterocycles. The number of likely N-dealkylation sites (N-methyl/N-ethyl adjacent to an activating group) is 1. The van der Waals surface area contributed by atoms with Gasteiger partial charge in [0, 0.05) is 38.1 Å². The maximum absolute atomic E-state index is 13.5. The Kier molecular flexibility index (Phi) is 5.61. The molecular weight excluding hydrogens is 374 g/mol. The smallest absolute Gasteiger partial charge is 0.238 e. The van der Waals surface area contributed by atoms with Gasteiger partial charge in [-0.25, -0.2) is 0 Å². The molecule has 0 spiro atoms. The second-order valence-corrected chi connectivity index (χ2v) is 7.76. The first kappa shape index (κ1) is 19.8. The highest BCUT2D eigenvalue weighted by atomic mass is 16.2. The minimum Gasteiger partial charge on any atom is -0.356 e. The molecule has 0 aliphatic carbocycles. The average Bonchev–Trinajstić information content (AvgIpc) is 2.97. The predicted molar refractivity (Wildman–Crippen MR) is 117 cm³/mol. The summed E-state index contributed by atoms with van der Waals surface area (Å²) in [6, 6.07) is 21.6. The van der Waals surface area contributed by atoms with E-state index in [1.165, 1.54) is 0 Å². The van der Waals surface area contributed by atoms with E-state index in [9.17, 15) is 9.59 Å². The number of benzene rings is 2. The van der Waals surface area contributed by atoms with Crippen molar-refractivity contribution in [1.82, 2.24) is 10.3 Å². The summed E-state index contributed by atoms with van der Waals surface area (Å²) in [5.41, 5.74) is 3.06. The molecule has 1 N–H and O–H groups in total. The lowest BCUT2D eigenvalue weighted by atomic mass is 9.73. The number of hydrogen-bond donors (Lipinski definition) is 1. The van der Waals surface area contributed by atoms with E-state index in [0.29, 0.717) is 13.0 Å². The van der Waals surface area contributed by atoms with Crippen LogP contribution >= 0.6 is 0 Å². The number of nitrogens with zero attached hydrogens (tertiary/aromatic N) is 2. The lowest BCUT2D eigenvalue weighted by Gasteiger charge is -2.28. The predicted octanol–water partition coefficient (Wildman–Crippen LogP) is 3.29. The van der Waals surface area contributed by atoms with Crippen LogP contribution < -0.4 is 10.2 Å². The Hall–Kier alpha value is -3.47. The van der Waals surface area contributed by atoms with Crippen LogP contribution in [0.15, 0.2) is 79.1 Å². The molecular formula is C25H25N3O2. The number of amides is 2. The quantitative estimate of drug-likeness (QED) is 0.663. The molecule has 2 aromatic carbocycles. The monoisotopic (exact) mass is 399 g/mol. The zero-order valence-corrected chi connectivity index (χ0v) is 17.0. The number of pyridine rings is 1. The van der Waals surface area contributed by atoms with Gasteiger partial charge in [-0.3, -0.25) is 14.6 Å². The highest BCUT2D eigenvalue weighted by Gasteiger charge is 2.50. The van der Waals surface area contributed by atoms with Gasteiger partial charge in [0.05, 0.1) is 5.41 Å². The number of fused-ring (bicyclic) bond motifs is 1.